The van der Waals surface area contributed by atoms with Crippen molar-refractivity contribution < 1.29 is 33.7 Å². The van der Waals surface area contributed by atoms with Crippen LogP contribution in [0.25, 0.3) is 5.76 Å². The molecule has 9 nitrogen and oxygen atoms in total. The SMILES string of the molecule is CCOc1ccc(C2/C(=C(\O)c3ccc(OCc4ccccc4C)cc3)C(=O)C(=O)N2c2nc(C)c(C(=O)OC)s2)cc1. The molecule has 1 aromatic heterocycles. The maximum absolute atomic E-state index is 13.5. The molecule has 0 bridgehead atoms. The van der Waals surface area contributed by atoms with Crippen LogP contribution in [0.15, 0.2) is 78.4 Å². The second-order valence-electron chi connectivity index (χ2n) is 9.81. The number of anilines is 1. The Kier molecular flexibility index (Phi) is 8.58. The number of aromatic nitrogens is 1. The summed E-state index contributed by atoms with van der Waals surface area (Å²) in [4.78, 5) is 45.2. The first kappa shape index (κ1) is 29.5. The Labute approximate surface area is 253 Å². The Balaban J connectivity index is 1.54. The van der Waals surface area contributed by atoms with Crippen molar-refractivity contribution in [3.63, 3.8) is 0 Å². The highest BCUT2D eigenvalue weighted by Crippen LogP contribution is 2.44. The molecule has 1 amide bonds. The van der Waals surface area contributed by atoms with Crippen LogP contribution in [-0.2, 0) is 20.9 Å². The van der Waals surface area contributed by atoms with E-state index in [1.807, 2.05) is 38.1 Å². The van der Waals surface area contributed by atoms with E-state index in [1.165, 1.54) is 12.0 Å². The average Bonchev–Trinajstić information content (AvgIpc) is 3.52. The lowest BCUT2D eigenvalue weighted by molar-refractivity contribution is -0.132. The molecular formula is C33H30N2O7S. The number of rotatable bonds is 9. The summed E-state index contributed by atoms with van der Waals surface area (Å²) in [6.45, 7) is 6.35. The molecule has 2 heterocycles. The van der Waals surface area contributed by atoms with Gasteiger partial charge in [0.2, 0.25) is 0 Å². The van der Waals surface area contributed by atoms with Crippen LogP contribution in [0.1, 0.15) is 50.6 Å². The largest absolute Gasteiger partial charge is 0.507 e. The maximum Gasteiger partial charge on any atom is 0.350 e. The van der Waals surface area contributed by atoms with Crippen molar-refractivity contribution in [2.24, 2.45) is 0 Å². The summed E-state index contributed by atoms with van der Waals surface area (Å²) in [5.74, 6) is -1.49. The van der Waals surface area contributed by atoms with E-state index in [0.29, 0.717) is 41.5 Å². The lowest BCUT2D eigenvalue weighted by Crippen LogP contribution is -2.29. The molecule has 220 valence electrons. The Hall–Kier alpha value is -4.96. The number of aliphatic hydroxyl groups is 1. The summed E-state index contributed by atoms with van der Waals surface area (Å²) in [6, 6.07) is 20.5. The van der Waals surface area contributed by atoms with Crippen molar-refractivity contribution in [2.75, 3.05) is 18.6 Å². The molecule has 1 fully saturated rings. The molecule has 0 saturated carbocycles. The normalized spacial score (nSPS) is 15.9. The average molecular weight is 599 g/mol. The van der Waals surface area contributed by atoms with Crippen molar-refractivity contribution in [3.05, 3.63) is 111 Å². The molecule has 0 spiro atoms. The molecule has 0 aliphatic carbocycles. The van der Waals surface area contributed by atoms with E-state index >= 15 is 0 Å². The van der Waals surface area contributed by atoms with E-state index in [2.05, 4.69) is 4.98 Å². The molecular weight excluding hydrogens is 568 g/mol. The molecule has 1 aliphatic rings. The molecule has 4 aromatic rings. The number of amides is 1. The van der Waals surface area contributed by atoms with Crippen molar-refractivity contribution in [1.82, 2.24) is 4.98 Å². The van der Waals surface area contributed by atoms with Gasteiger partial charge in [-0.25, -0.2) is 9.78 Å². The molecule has 0 radical (unpaired) electrons. The minimum atomic E-state index is -1.01. The quantitative estimate of drug-likeness (QED) is 0.106. The smallest absolute Gasteiger partial charge is 0.350 e. The fourth-order valence-electron chi connectivity index (χ4n) is 4.82. The summed E-state index contributed by atoms with van der Waals surface area (Å²) < 4.78 is 16.3. The third-order valence-corrected chi connectivity index (χ3v) is 8.23. The van der Waals surface area contributed by atoms with Crippen molar-refractivity contribution in [1.29, 1.82) is 0 Å². The predicted molar refractivity (Wildman–Crippen MR) is 163 cm³/mol. The molecule has 1 unspecified atom stereocenters. The van der Waals surface area contributed by atoms with Crippen LogP contribution in [0, 0.1) is 13.8 Å². The summed E-state index contributed by atoms with van der Waals surface area (Å²) in [7, 11) is 1.26. The number of carbonyl (C=O) groups is 3. The maximum atomic E-state index is 13.5. The number of hydrogen-bond acceptors (Lipinski definition) is 9. The zero-order chi connectivity index (χ0) is 30.7. The van der Waals surface area contributed by atoms with Gasteiger partial charge in [0, 0.05) is 5.56 Å². The standard InChI is InChI=1S/C33H30N2O7S/c1-5-41-24-14-10-21(11-15-24)27-26(29(37)31(38)35(27)33-34-20(3)30(43-33)32(39)40-4)28(36)22-12-16-25(17-13-22)42-18-23-9-7-6-8-19(23)2/h6-17,27,36H,5,18H2,1-4H3/b28-26+. The first-order valence-corrected chi connectivity index (χ1v) is 14.4. The Bertz CT molecular complexity index is 1710. The minimum Gasteiger partial charge on any atom is -0.507 e. The number of hydrogen-bond donors (Lipinski definition) is 1. The zero-order valence-electron chi connectivity index (χ0n) is 24.1. The number of esters is 1. The zero-order valence-corrected chi connectivity index (χ0v) is 24.9. The number of thiazole rings is 1. The number of Topliss-reactive ketones (excluding diaryl/α,β-unsaturated/α-hetero) is 1. The van der Waals surface area contributed by atoms with Crippen molar-refractivity contribution in [3.8, 4) is 11.5 Å². The van der Waals surface area contributed by atoms with Gasteiger partial charge in [0.15, 0.2) is 5.13 Å². The molecule has 1 N–H and O–H groups in total. The van der Waals surface area contributed by atoms with Crippen LogP contribution in [0.2, 0.25) is 0 Å². The van der Waals surface area contributed by atoms with E-state index in [-0.39, 0.29) is 21.3 Å². The molecule has 5 rings (SSSR count). The molecule has 1 saturated heterocycles. The van der Waals surface area contributed by atoms with Crippen LogP contribution in [0.3, 0.4) is 0 Å². The summed E-state index contributed by atoms with van der Waals surface area (Å²) in [5, 5.41) is 11.6. The van der Waals surface area contributed by atoms with Gasteiger partial charge in [-0.1, -0.05) is 47.7 Å². The van der Waals surface area contributed by atoms with Gasteiger partial charge in [-0.3, -0.25) is 14.5 Å². The Morgan fingerprint density at radius 3 is 2.26 bits per heavy atom. The van der Waals surface area contributed by atoms with Gasteiger partial charge in [0.05, 0.1) is 31.0 Å². The van der Waals surface area contributed by atoms with Gasteiger partial charge >= 0.3 is 11.9 Å². The number of ketones is 1. The number of methoxy groups -OCH3 is 1. The molecule has 1 aliphatic heterocycles. The summed E-state index contributed by atoms with van der Waals surface area (Å²) in [6.07, 6.45) is 0. The Morgan fingerprint density at radius 2 is 1.60 bits per heavy atom. The van der Waals surface area contributed by atoms with Crippen LogP contribution in [0.5, 0.6) is 11.5 Å². The third-order valence-electron chi connectivity index (χ3n) is 7.10. The number of aliphatic hydroxyl groups excluding tert-OH is 1. The second kappa shape index (κ2) is 12.5. The third kappa shape index (κ3) is 5.87. The van der Waals surface area contributed by atoms with Crippen molar-refractivity contribution in [2.45, 2.75) is 33.4 Å². The fourth-order valence-corrected chi connectivity index (χ4v) is 5.84. The minimum absolute atomic E-state index is 0.102. The lowest BCUT2D eigenvalue weighted by atomic mass is 9.95. The first-order chi connectivity index (χ1) is 20.7. The predicted octanol–water partition coefficient (Wildman–Crippen LogP) is 6.15. The summed E-state index contributed by atoms with van der Waals surface area (Å²) >= 11 is 0.943. The molecule has 3 aromatic carbocycles. The number of aryl methyl sites for hydroxylation is 2. The van der Waals surface area contributed by atoms with Gasteiger partial charge in [0.1, 0.15) is 28.7 Å². The highest BCUT2D eigenvalue weighted by Gasteiger charge is 2.48. The highest BCUT2D eigenvalue weighted by atomic mass is 32.1. The highest BCUT2D eigenvalue weighted by molar-refractivity contribution is 7.17. The summed E-state index contributed by atoms with van der Waals surface area (Å²) in [5.41, 5.74) is 3.32. The molecule has 43 heavy (non-hydrogen) atoms. The van der Waals surface area contributed by atoms with Gasteiger partial charge < -0.3 is 19.3 Å². The molecule has 10 heteroatoms. The first-order valence-electron chi connectivity index (χ1n) is 13.6. The molecule has 1 atom stereocenters. The Morgan fingerprint density at radius 1 is 0.953 bits per heavy atom. The van der Waals surface area contributed by atoms with Crippen LogP contribution < -0.4 is 14.4 Å². The van der Waals surface area contributed by atoms with E-state index in [9.17, 15) is 19.5 Å². The van der Waals surface area contributed by atoms with Crippen LogP contribution in [0.4, 0.5) is 5.13 Å². The second-order valence-corrected chi connectivity index (χ2v) is 10.8. The van der Waals surface area contributed by atoms with E-state index in [4.69, 9.17) is 14.2 Å². The van der Waals surface area contributed by atoms with E-state index in [0.717, 1.165) is 22.5 Å². The number of ether oxygens (including phenoxy) is 3. The lowest BCUT2D eigenvalue weighted by Gasteiger charge is -2.23. The van der Waals surface area contributed by atoms with E-state index in [1.54, 1.807) is 55.5 Å². The van der Waals surface area contributed by atoms with Gasteiger partial charge in [-0.05, 0) is 73.9 Å². The monoisotopic (exact) mass is 598 g/mol. The number of nitrogens with zero attached hydrogens (tertiary/aromatic N) is 2. The van der Waals surface area contributed by atoms with Gasteiger partial charge in [0.25, 0.3) is 5.78 Å². The number of carbonyl (C=O) groups excluding carboxylic acids is 3. The van der Waals surface area contributed by atoms with Gasteiger partial charge in [-0.2, -0.15) is 0 Å². The number of benzene rings is 3. The topological polar surface area (TPSA) is 115 Å². The van der Waals surface area contributed by atoms with Crippen LogP contribution >= 0.6 is 11.3 Å². The van der Waals surface area contributed by atoms with Gasteiger partial charge in [-0.15, -0.1) is 0 Å². The van der Waals surface area contributed by atoms with Crippen molar-refractivity contribution >= 4 is 39.9 Å². The van der Waals surface area contributed by atoms with Crippen LogP contribution in [-0.4, -0.2) is 41.5 Å². The fraction of sp³-hybridized carbons (Fsp3) is 0.212. The van der Waals surface area contributed by atoms with E-state index < -0.39 is 23.7 Å².